The smallest absolute Gasteiger partial charge is 0.120 e. The number of aryl methyl sites for hydroxylation is 1. The lowest BCUT2D eigenvalue weighted by Gasteiger charge is -2.28. The third-order valence-electron chi connectivity index (χ3n) is 4.13. The van der Waals surface area contributed by atoms with Crippen molar-refractivity contribution in [1.82, 2.24) is 0 Å². The van der Waals surface area contributed by atoms with Crippen molar-refractivity contribution < 1.29 is 8.95 Å². The van der Waals surface area contributed by atoms with Crippen LogP contribution in [0.3, 0.4) is 0 Å². The van der Waals surface area contributed by atoms with Crippen LogP contribution in [-0.4, -0.2) is 9.81 Å². The Labute approximate surface area is 136 Å². The Morgan fingerprint density at radius 2 is 1.36 bits per heavy atom. The van der Waals surface area contributed by atoms with E-state index in [4.69, 9.17) is 4.74 Å². The van der Waals surface area contributed by atoms with E-state index < -0.39 is 10.8 Å². The molecule has 2 aromatic carbocycles. The fourth-order valence-corrected chi connectivity index (χ4v) is 3.15. The Morgan fingerprint density at radius 1 is 0.909 bits per heavy atom. The van der Waals surface area contributed by atoms with E-state index in [2.05, 4.69) is 20.8 Å². The molecule has 0 bridgehead atoms. The molecule has 0 aliphatic heterocycles. The molecule has 0 aliphatic carbocycles. The number of ether oxygens (including phenoxy) is 1. The van der Waals surface area contributed by atoms with Crippen LogP contribution in [0.25, 0.3) is 0 Å². The number of hydrogen-bond acceptors (Lipinski definition) is 2. The van der Waals surface area contributed by atoms with E-state index in [0.717, 1.165) is 28.4 Å². The Bertz CT molecular complexity index is 625. The van der Waals surface area contributed by atoms with Crippen molar-refractivity contribution in [3.8, 4) is 5.75 Å². The first kappa shape index (κ1) is 16.8. The summed E-state index contributed by atoms with van der Waals surface area (Å²) in [5.41, 5.74) is 1.03. The van der Waals surface area contributed by atoms with Crippen LogP contribution in [0.4, 0.5) is 0 Å². The highest BCUT2D eigenvalue weighted by Gasteiger charge is 2.21. The van der Waals surface area contributed by atoms with Gasteiger partial charge in [-0.05, 0) is 63.1 Å². The summed E-state index contributed by atoms with van der Waals surface area (Å²) in [6.45, 7) is 8.40. The largest absolute Gasteiger partial charge is 0.488 e. The van der Waals surface area contributed by atoms with Crippen LogP contribution in [0.5, 0.6) is 5.75 Å². The van der Waals surface area contributed by atoms with Crippen molar-refractivity contribution >= 4 is 10.8 Å². The standard InChI is InChI=1S/C19H24O2S/c1-5-19(4,6-2)21-16-9-13-18(14-10-16)22(20)17-11-7-15(3)8-12-17/h7-14H,5-6H2,1-4H3. The molecule has 2 aromatic rings. The molecule has 2 rings (SSSR count). The van der Waals surface area contributed by atoms with Crippen LogP contribution >= 0.6 is 0 Å². The first-order valence-electron chi connectivity index (χ1n) is 7.75. The van der Waals surface area contributed by atoms with E-state index in [1.807, 2.05) is 55.5 Å². The van der Waals surface area contributed by atoms with Gasteiger partial charge in [0.25, 0.3) is 0 Å². The van der Waals surface area contributed by atoms with Crippen molar-refractivity contribution in [2.45, 2.75) is 55.9 Å². The maximum atomic E-state index is 12.5. The van der Waals surface area contributed by atoms with Gasteiger partial charge >= 0.3 is 0 Å². The van der Waals surface area contributed by atoms with Gasteiger partial charge in [-0.3, -0.25) is 0 Å². The minimum Gasteiger partial charge on any atom is -0.488 e. The van der Waals surface area contributed by atoms with Crippen LogP contribution in [0.2, 0.25) is 0 Å². The lowest BCUT2D eigenvalue weighted by atomic mass is 10.00. The van der Waals surface area contributed by atoms with Crippen molar-refractivity contribution in [3.63, 3.8) is 0 Å². The first-order valence-corrected chi connectivity index (χ1v) is 8.90. The van der Waals surface area contributed by atoms with E-state index in [-0.39, 0.29) is 5.60 Å². The molecular weight excluding hydrogens is 292 g/mol. The zero-order valence-electron chi connectivity index (χ0n) is 13.8. The van der Waals surface area contributed by atoms with Crippen LogP contribution < -0.4 is 4.74 Å². The highest BCUT2D eigenvalue weighted by molar-refractivity contribution is 7.85. The molecule has 118 valence electrons. The van der Waals surface area contributed by atoms with Crippen LogP contribution in [0.1, 0.15) is 39.2 Å². The molecule has 1 atom stereocenters. The molecule has 0 heterocycles. The van der Waals surface area contributed by atoms with Gasteiger partial charge in [0.05, 0.1) is 10.8 Å². The molecule has 0 spiro atoms. The maximum Gasteiger partial charge on any atom is 0.120 e. The van der Waals surface area contributed by atoms with Crippen LogP contribution in [0.15, 0.2) is 58.3 Å². The van der Waals surface area contributed by atoms with E-state index in [1.54, 1.807) is 0 Å². The predicted molar refractivity (Wildman–Crippen MR) is 91.9 cm³/mol. The summed E-state index contributed by atoms with van der Waals surface area (Å²) in [6, 6.07) is 15.4. The van der Waals surface area contributed by atoms with Crippen LogP contribution in [-0.2, 0) is 10.8 Å². The molecule has 0 aliphatic rings. The Kier molecular flexibility index (Phi) is 5.41. The van der Waals surface area contributed by atoms with E-state index >= 15 is 0 Å². The first-order chi connectivity index (χ1) is 10.5. The predicted octanol–water partition coefficient (Wildman–Crippen LogP) is 5.12. The lowest BCUT2D eigenvalue weighted by molar-refractivity contribution is 0.0802. The second kappa shape index (κ2) is 7.10. The van der Waals surface area contributed by atoms with Crippen molar-refractivity contribution in [3.05, 3.63) is 54.1 Å². The third-order valence-corrected chi connectivity index (χ3v) is 5.53. The van der Waals surface area contributed by atoms with Gasteiger partial charge in [-0.2, -0.15) is 0 Å². The number of rotatable bonds is 6. The summed E-state index contributed by atoms with van der Waals surface area (Å²) >= 11 is 0. The summed E-state index contributed by atoms with van der Waals surface area (Å²) in [5.74, 6) is 0.829. The summed E-state index contributed by atoms with van der Waals surface area (Å²) in [5, 5.41) is 0. The molecule has 0 radical (unpaired) electrons. The van der Waals surface area contributed by atoms with E-state index in [9.17, 15) is 4.21 Å². The van der Waals surface area contributed by atoms with Crippen LogP contribution in [0, 0.1) is 6.92 Å². The van der Waals surface area contributed by atoms with Crippen molar-refractivity contribution in [2.24, 2.45) is 0 Å². The fourth-order valence-electron chi connectivity index (χ4n) is 2.11. The van der Waals surface area contributed by atoms with Crippen molar-refractivity contribution in [2.75, 3.05) is 0 Å². The molecule has 2 nitrogen and oxygen atoms in total. The minimum absolute atomic E-state index is 0.141. The molecule has 0 aromatic heterocycles. The SMILES string of the molecule is CCC(C)(CC)Oc1ccc(S(=O)c2ccc(C)cc2)cc1. The molecule has 0 N–H and O–H groups in total. The average molecular weight is 316 g/mol. The van der Waals surface area contributed by atoms with Gasteiger partial charge in [0, 0.05) is 9.79 Å². The topological polar surface area (TPSA) is 26.3 Å². The Hall–Kier alpha value is -1.61. The lowest BCUT2D eigenvalue weighted by Crippen LogP contribution is -2.30. The minimum atomic E-state index is -1.15. The Morgan fingerprint density at radius 3 is 1.82 bits per heavy atom. The van der Waals surface area contributed by atoms with Crippen molar-refractivity contribution in [1.29, 1.82) is 0 Å². The molecule has 1 unspecified atom stereocenters. The second-order valence-corrected chi connectivity index (χ2v) is 7.29. The highest BCUT2D eigenvalue weighted by Crippen LogP contribution is 2.26. The summed E-state index contributed by atoms with van der Waals surface area (Å²) in [4.78, 5) is 1.62. The molecule has 0 saturated heterocycles. The van der Waals surface area contributed by atoms with Gasteiger partial charge in [0.2, 0.25) is 0 Å². The van der Waals surface area contributed by atoms with Gasteiger partial charge in [-0.25, -0.2) is 4.21 Å². The molecule has 0 fully saturated rings. The summed E-state index contributed by atoms with van der Waals surface area (Å²) < 4.78 is 18.6. The van der Waals surface area contributed by atoms with Gasteiger partial charge in [-0.15, -0.1) is 0 Å². The van der Waals surface area contributed by atoms with Gasteiger partial charge in [-0.1, -0.05) is 31.5 Å². The molecule has 3 heteroatoms. The monoisotopic (exact) mass is 316 g/mol. The summed E-state index contributed by atoms with van der Waals surface area (Å²) in [7, 11) is -1.15. The Balaban J connectivity index is 2.15. The maximum absolute atomic E-state index is 12.5. The van der Waals surface area contributed by atoms with E-state index in [1.165, 1.54) is 5.56 Å². The number of benzene rings is 2. The molecule has 0 amide bonds. The zero-order chi connectivity index (χ0) is 16.2. The second-order valence-electron chi connectivity index (χ2n) is 5.81. The molecule has 0 saturated carbocycles. The van der Waals surface area contributed by atoms with E-state index in [0.29, 0.717) is 0 Å². The van der Waals surface area contributed by atoms with Gasteiger partial charge in [0.15, 0.2) is 0 Å². The molecular formula is C19H24O2S. The zero-order valence-corrected chi connectivity index (χ0v) is 14.6. The van der Waals surface area contributed by atoms with Gasteiger partial charge in [0.1, 0.15) is 11.4 Å². The molecule has 22 heavy (non-hydrogen) atoms. The normalized spacial score (nSPS) is 12.9. The summed E-state index contributed by atoms with van der Waals surface area (Å²) in [6.07, 6.45) is 1.92. The highest BCUT2D eigenvalue weighted by atomic mass is 32.2. The number of hydrogen-bond donors (Lipinski definition) is 0. The third kappa shape index (κ3) is 3.98. The average Bonchev–Trinajstić information content (AvgIpc) is 2.55. The quantitative estimate of drug-likeness (QED) is 0.739. The van der Waals surface area contributed by atoms with Gasteiger partial charge < -0.3 is 4.74 Å². The fraction of sp³-hybridized carbons (Fsp3) is 0.368.